The third-order valence-electron chi connectivity index (χ3n) is 13.7. The normalized spacial score (nSPS) is 43.3. The average molecular weight is 544 g/mol. The Morgan fingerprint density at radius 3 is 2.46 bits per heavy atom. The standard InChI is InChI=1S/C35H63N2O2/c1-7-28(36)24-37(19-21-39-22-20-37)35(38)18-17-33(5)27(23-35)11-12-29-31-14-13-30(26(4)10-8-9-25(2)3)34(31,6)16-15-32(29)33/h11,25-26,28-32,38H,7-10,12-24,36H2,1-6H3/q+1/t26-,28?,29+,30-,31+,32+,33+,34-,35?/m1/s1. The Bertz CT molecular complexity index is 880. The molecule has 39 heavy (non-hydrogen) atoms. The van der Waals surface area contributed by atoms with Gasteiger partial charge in [-0.1, -0.05) is 72.5 Å². The molecule has 4 nitrogen and oxygen atoms in total. The lowest BCUT2D eigenvalue weighted by atomic mass is 9.46. The topological polar surface area (TPSA) is 55.5 Å². The van der Waals surface area contributed by atoms with Crippen molar-refractivity contribution < 1.29 is 14.3 Å². The van der Waals surface area contributed by atoms with E-state index in [1.807, 2.05) is 0 Å². The molecule has 0 aromatic carbocycles. The molecule has 0 radical (unpaired) electrons. The van der Waals surface area contributed by atoms with E-state index >= 15 is 0 Å². The highest BCUT2D eigenvalue weighted by Gasteiger charge is 2.62. The van der Waals surface area contributed by atoms with Crippen LogP contribution in [0.25, 0.3) is 0 Å². The Labute approximate surface area is 241 Å². The van der Waals surface area contributed by atoms with E-state index in [9.17, 15) is 5.11 Å². The number of hydrogen-bond donors (Lipinski definition) is 2. The van der Waals surface area contributed by atoms with Crippen LogP contribution in [0.4, 0.5) is 0 Å². The van der Waals surface area contributed by atoms with Gasteiger partial charge in [0, 0.05) is 6.42 Å². The van der Waals surface area contributed by atoms with Gasteiger partial charge < -0.3 is 15.6 Å². The second-order valence-corrected chi connectivity index (χ2v) is 16.0. The summed E-state index contributed by atoms with van der Waals surface area (Å²) in [5.41, 5.74) is 8.25. The first kappa shape index (κ1) is 30.1. The number of fused-ring (bicyclic) bond motifs is 5. The number of aliphatic hydroxyl groups is 1. The summed E-state index contributed by atoms with van der Waals surface area (Å²) in [4.78, 5) is 0. The molecular weight excluding hydrogens is 480 g/mol. The average Bonchev–Trinajstić information content (AvgIpc) is 3.26. The summed E-state index contributed by atoms with van der Waals surface area (Å²) in [5.74, 6) is 5.15. The Morgan fingerprint density at radius 1 is 1.03 bits per heavy atom. The fourth-order valence-electron chi connectivity index (χ4n) is 11.1. The molecule has 0 spiro atoms. The van der Waals surface area contributed by atoms with Crippen LogP contribution >= 0.6 is 0 Å². The molecule has 9 atom stereocenters. The molecular formula is C35H63N2O2+. The molecule has 0 aromatic rings. The van der Waals surface area contributed by atoms with Crippen molar-refractivity contribution in [3.05, 3.63) is 11.6 Å². The van der Waals surface area contributed by atoms with Gasteiger partial charge in [-0.15, -0.1) is 0 Å². The molecule has 3 N–H and O–H groups in total. The maximum atomic E-state index is 12.5. The summed E-state index contributed by atoms with van der Waals surface area (Å²) >= 11 is 0. The van der Waals surface area contributed by atoms with E-state index in [0.717, 1.165) is 98.5 Å². The van der Waals surface area contributed by atoms with Crippen LogP contribution < -0.4 is 5.73 Å². The van der Waals surface area contributed by atoms with Gasteiger partial charge in [0.05, 0.1) is 32.2 Å². The molecule has 4 heteroatoms. The van der Waals surface area contributed by atoms with Crippen molar-refractivity contribution in [2.24, 2.45) is 52.1 Å². The first-order valence-electron chi connectivity index (χ1n) is 17.1. The van der Waals surface area contributed by atoms with E-state index in [1.165, 1.54) is 51.4 Å². The van der Waals surface area contributed by atoms with Crippen molar-refractivity contribution >= 4 is 0 Å². The number of nitrogens with zero attached hydrogens (tertiary/aromatic N) is 1. The minimum Gasteiger partial charge on any atom is -0.370 e. The first-order valence-corrected chi connectivity index (χ1v) is 17.1. The van der Waals surface area contributed by atoms with Gasteiger partial charge >= 0.3 is 0 Å². The van der Waals surface area contributed by atoms with Crippen molar-refractivity contribution in [1.82, 2.24) is 0 Å². The molecule has 224 valence electrons. The van der Waals surface area contributed by atoms with Gasteiger partial charge in [0.1, 0.15) is 13.1 Å². The van der Waals surface area contributed by atoms with Gasteiger partial charge in [-0.25, -0.2) is 0 Å². The third-order valence-corrected chi connectivity index (χ3v) is 13.7. The lowest BCUT2D eigenvalue weighted by molar-refractivity contribution is -1.01. The fraction of sp³-hybridized carbons (Fsp3) is 0.943. The number of nitrogens with two attached hydrogens (primary N) is 1. The maximum absolute atomic E-state index is 12.5. The molecule has 1 aliphatic heterocycles. The van der Waals surface area contributed by atoms with Crippen LogP contribution in [-0.2, 0) is 4.74 Å². The van der Waals surface area contributed by atoms with Gasteiger partial charge in [0.2, 0.25) is 5.72 Å². The zero-order chi connectivity index (χ0) is 28.1. The van der Waals surface area contributed by atoms with Crippen molar-refractivity contribution in [2.75, 3.05) is 32.8 Å². The summed E-state index contributed by atoms with van der Waals surface area (Å²) in [6.45, 7) is 19.0. The molecule has 0 aromatic heterocycles. The Kier molecular flexibility index (Phi) is 8.74. The summed E-state index contributed by atoms with van der Waals surface area (Å²) in [5, 5.41) is 12.5. The zero-order valence-electron chi connectivity index (χ0n) is 26.5. The summed E-state index contributed by atoms with van der Waals surface area (Å²) in [7, 11) is 0. The highest BCUT2D eigenvalue weighted by molar-refractivity contribution is 5.26. The molecule has 4 fully saturated rings. The van der Waals surface area contributed by atoms with Gasteiger partial charge in [-0.3, -0.25) is 4.48 Å². The summed E-state index contributed by atoms with van der Waals surface area (Å²) < 4.78 is 6.55. The predicted octanol–water partition coefficient (Wildman–Crippen LogP) is 7.30. The second kappa shape index (κ2) is 11.3. The molecule has 1 saturated heterocycles. The number of allylic oxidation sites excluding steroid dienone is 1. The lowest BCUT2D eigenvalue weighted by Gasteiger charge is -2.62. The molecule has 5 rings (SSSR count). The quantitative estimate of drug-likeness (QED) is 0.237. The molecule has 5 aliphatic rings. The van der Waals surface area contributed by atoms with E-state index < -0.39 is 5.72 Å². The van der Waals surface area contributed by atoms with Gasteiger partial charge in [0.15, 0.2) is 0 Å². The number of hydrogen-bond acceptors (Lipinski definition) is 3. The molecule has 1 heterocycles. The Morgan fingerprint density at radius 2 is 1.77 bits per heavy atom. The van der Waals surface area contributed by atoms with Crippen LogP contribution in [0.15, 0.2) is 11.6 Å². The van der Waals surface area contributed by atoms with E-state index in [0.29, 0.717) is 5.41 Å². The van der Waals surface area contributed by atoms with Crippen molar-refractivity contribution in [1.29, 1.82) is 0 Å². The largest absolute Gasteiger partial charge is 0.370 e. The summed E-state index contributed by atoms with van der Waals surface area (Å²) in [6, 6.07) is 0.143. The van der Waals surface area contributed by atoms with E-state index in [1.54, 1.807) is 5.57 Å². The van der Waals surface area contributed by atoms with Crippen LogP contribution in [0, 0.1) is 46.3 Å². The first-order chi connectivity index (χ1) is 18.5. The van der Waals surface area contributed by atoms with Gasteiger partial charge in [0.25, 0.3) is 0 Å². The monoisotopic (exact) mass is 543 g/mol. The van der Waals surface area contributed by atoms with Crippen LogP contribution in [-0.4, -0.2) is 54.2 Å². The molecule has 0 bridgehead atoms. The number of rotatable bonds is 9. The fourth-order valence-corrected chi connectivity index (χ4v) is 11.1. The van der Waals surface area contributed by atoms with Gasteiger partial charge in [-0.2, -0.15) is 0 Å². The van der Waals surface area contributed by atoms with E-state index in [-0.39, 0.29) is 11.5 Å². The summed E-state index contributed by atoms with van der Waals surface area (Å²) in [6.07, 6.45) is 17.7. The second-order valence-electron chi connectivity index (χ2n) is 16.0. The molecule has 0 amide bonds. The number of morpholine rings is 1. The van der Waals surface area contributed by atoms with E-state index in [4.69, 9.17) is 10.5 Å². The maximum Gasteiger partial charge on any atom is 0.204 e. The van der Waals surface area contributed by atoms with Crippen LogP contribution in [0.2, 0.25) is 0 Å². The molecule has 4 aliphatic carbocycles. The van der Waals surface area contributed by atoms with Crippen molar-refractivity contribution in [2.45, 2.75) is 130 Å². The Balaban J connectivity index is 1.33. The number of quaternary nitrogens is 1. The SMILES string of the molecule is CCC(N)C[N+]1(C2(O)CC[C@@]3(C)C(=CC[C@H]4[C@@H]5CC[C@H]([C@H](C)CCCC(C)C)[C@@]5(C)CC[C@@H]43)C2)CCOCC1. The van der Waals surface area contributed by atoms with Gasteiger partial charge in [-0.05, 0) is 91.3 Å². The third kappa shape index (κ3) is 5.21. The van der Waals surface area contributed by atoms with Crippen molar-refractivity contribution in [3.63, 3.8) is 0 Å². The zero-order valence-corrected chi connectivity index (χ0v) is 26.5. The highest BCUT2D eigenvalue weighted by atomic mass is 16.5. The lowest BCUT2D eigenvalue weighted by Crippen LogP contribution is -2.72. The minimum absolute atomic E-state index is 0.143. The smallest absolute Gasteiger partial charge is 0.204 e. The van der Waals surface area contributed by atoms with E-state index in [2.05, 4.69) is 47.6 Å². The molecule has 3 saturated carbocycles. The predicted molar refractivity (Wildman–Crippen MR) is 162 cm³/mol. The van der Waals surface area contributed by atoms with Crippen LogP contribution in [0.5, 0.6) is 0 Å². The molecule has 2 unspecified atom stereocenters. The minimum atomic E-state index is -0.693. The van der Waals surface area contributed by atoms with Crippen LogP contribution in [0.1, 0.15) is 119 Å². The van der Waals surface area contributed by atoms with Crippen molar-refractivity contribution in [3.8, 4) is 0 Å². The number of ether oxygens (including phenoxy) is 1. The van der Waals surface area contributed by atoms with Crippen LogP contribution in [0.3, 0.4) is 0 Å². The highest BCUT2D eigenvalue weighted by Crippen LogP contribution is 2.68. The Hall–Kier alpha value is -0.420.